The molecule has 0 spiro atoms. The molecule has 58 valence electrons. The van der Waals surface area contributed by atoms with Crippen molar-refractivity contribution in [2.75, 3.05) is 0 Å². The van der Waals surface area contributed by atoms with Crippen LogP contribution in [-0.2, 0) is 0 Å². The summed E-state index contributed by atoms with van der Waals surface area (Å²) >= 11 is 0. The Kier molecular flexibility index (Phi) is 2.03. The van der Waals surface area contributed by atoms with Crippen molar-refractivity contribution in [2.24, 2.45) is 0 Å². The number of aromatic nitrogens is 1. The number of hydrogen-bond acceptors (Lipinski definition) is 3. The maximum Gasteiger partial charge on any atom is 0.181 e. The highest BCUT2D eigenvalue weighted by atomic mass is 16.5. The van der Waals surface area contributed by atoms with Gasteiger partial charge in [-0.1, -0.05) is 0 Å². The van der Waals surface area contributed by atoms with Crippen molar-refractivity contribution in [2.45, 2.75) is 0 Å². The Bertz CT molecular complexity index is 257. The van der Waals surface area contributed by atoms with Gasteiger partial charge in [-0.05, 0) is 0 Å². The van der Waals surface area contributed by atoms with Gasteiger partial charge in [0.1, 0.15) is 5.84 Å². The van der Waals surface area contributed by atoms with E-state index in [2.05, 4.69) is 0 Å². The van der Waals surface area contributed by atoms with E-state index < -0.39 is 0 Å². The smallest absolute Gasteiger partial charge is 0.181 e. The maximum absolute atomic E-state index is 10.5. The molecule has 1 aromatic heterocycles. The highest BCUT2D eigenvalue weighted by Gasteiger charge is 1.99. The van der Waals surface area contributed by atoms with Crippen molar-refractivity contribution in [1.29, 1.82) is 5.41 Å². The van der Waals surface area contributed by atoms with E-state index >= 15 is 0 Å². The molecule has 0 radical (unpaired) electrons. The first-order valence-corrected chi connectivity index (χ1v) is 2.92. The second kappa shape index (κ2) is 2.98. The van der Waals surface area contributed by atoms with Gasteiger partial charge in [-0.25, -0.2) is 0 Å². The van der Waals surface area contributed by atoms with E-state index in [1.54, 1.807) is 5.48 Å². The van der Waals surface area contributed by atoms with Gasteiger partial charge in [0.25, 0.3) is 0 Å². The van der Waals surface area contributed by atoms with Gasteiger partial charge in [0, 0.05) is 17.7 Å². The number of pyridine rings is 1. The Morgan fingerprint density at radius 3 is 2.55 bits per heavy atom. The molecule has 3 N–H and O–H groups in total. The van der Waals surface area contributed by atoms with Gasteiger partial charge in [0.15, 0.2) is 12.4 Å². The van der Waals surface area contributed by atoms with Gasteiger partial charge in [-0.2, -0.15) is 4.73 Å². The van der Waals surface area contributed by atoms with E-state index in [9.17, 15) is 5.21 Å². The van der Waals surface area contributed by atoms with Crippen LogP contribution in [-0.4, -0.2) is 11.0 Å². The normalized spacial score (nSPS) is 9.18. The van der Waals surface area contributed by atoms with Gasteiger partial charge < -0.3 is 5.21 Å². The molecule has 11 heavy (non-hydrogen) atoms. The number of nitrogens with one attached hydrogen (secondary N) is 2. The second-order valence-corrected chi connectivity index (χ2v) is 1.93. The van der Waals surface area contributed by atoms with Crippen LogP contribution in [0.15, 0.2) is 24.5 Å². The predicted octanol–water partition coefficient (Wildman–Crippen LogP) is -0.376. The highest BCUT2D eigenvalue weighted by molar-refractivity contribution is 5.95. The van der Waals surface area contributed by atoms with E-state index in [1.807, 2.05) is 0 Å². The summed E-state index contributed by atoms with van der Waals surface area (Å²) in [4.78, 5) is 0. The Hall–Kier alpha value is -1.62. The lowest BCUT2D eigenvalue weighted by atomic mass is 10.2. The van der Waals surface area contributed by atoms with Crippen LogP contribution in [0.25, 0.3) is 0 Å². The lowest BCUT2D eigenvalue weighted by Gasteiger charge is -1.99. The van der Waals surface area contributed by atoms with Crippen LogP contribution in [0.4, 0.5) is 0 Å². The zero-order valence-electron chi connectivity index (χ0n) is 5.61. The van der Waals surface area contributed by atoms with Crippen molar-refractivity contribution < 1.29 is 9.94 Å². The van der Waals surface area contributed by atoms with Crippen LogP contribution in [0.3, 0.4) is 0 Å². The molecule has 0 aliphatic heterocycles. The summed E-state index contributed by atoms with van der Waals surface area (Å²) in [7, 11) is 0. The number of amidine groups is 1. The fourth-order valence-corrected chi connectivity index (χ4v) is 0.644. The van der Waals surface area contributed by atoms with E-state index in [0.717, 1.165) is 0 Å². The fraction of sp³-hybridized carbons (Fsp3) is 0. The molecule has 1 aromatic rings. The van der Waals surface area contributed by atoms with Crippen LogP contribution >= 0.6 is 0 Å². The minimum atomic E-state index is -0.134. The third-order valence-corrected chi connectivity index (χ3v) is 1.20. The topological polar surface area (TPSA) is 83.0 Å². The molecule has 0 aliphatic carbocycles. The first-order chi connectivity index (χ1) is 5.24. The second-order valence-electron chi connectivity index (χ2n) is 1.93. The van der Waals surface area contributed by atoms with Gasteiger partial charge in [0.2, 0.25) is 0 Å². The predicted molar refractivity (Wildman–Crippen MR) is 37.2 cm³/mol. The van der Waals surface area contributed by atoms with Crippen LogP contribution in [0.5, 0.6) is 0 Å². The first-order valence-electron chi connectivity index (χ1n) is 2.92. The summed E-state index contributed by atoms with van der Waals surface area (Å²) in [5, 5.41) is 25.9. The lowest BCUT2D eigenvalue weighted by molar-refractivity contribution is -0.605. The van der Waals surface area contributed by atoms with Crippen LogP contribution in [0.2, 0.25) is 0 Å². The zero-order chi connectivity index (χ0) is 8.27. The molecule has 0 bridgehead atoms. The molecule has 0 fully saturated rings. The lowest BCUT2D eigenvalue weighted by Crippen LogP contribution is -2.26. The molecule has 0 aliphatic rings. The molecule has 0 amide bonds. The van der Waals surface area contributed by atoms with Crippen molar-refractivity contribution in [3.8, 4) is 0 Å². The zero-order valence-corrected chi connectivity index (χ0v) is 5.61. The van der Waals surface area contributed by atoms with E-state index in [0.29, 0.717) is 10.3 Å². The van der Waals surface area contributed by atoms with E-state index in [4.69, 9.17) is 10.6 Å². The van der Waals surface area contributed by atoms with Gasteiger partial charge in [-0.15, -0.1) is 0 Å². The third-order valence-electron chi connectivity index (χ3n) is 1.20. The number of nitrogens with zero attached hydrogens (tertiary/aromatic N) is 1. The van der Waals surface area contributed by atoms with Gasteiger partial charge >= 0.3 is 0 Å². The Morgan fingerprint density at radius 1 is 1.55 bits per heavy atom. The molecule has 5 heteroatoms. The monoisotopic (exact) mass is 153 g/mol. The summed E-state index contributed by atoms with van der Waals surface area (Å²) in [5.41, 5.74) is 2.13. The van der Waals surface area contributed by atoms with Crippen molar-refractivity contribution in [1.82, 2.24) is 5.48 Å². The van der Waals surface area contributed by atoms with E-state index in [-0.39, 0.29) is 5.84 Å². The van der Waals surface area contributed by atoms with Crippen molar-refractivity contribution >= 4 is 5.84 Å². The Labute approximate surface area is 63.0 Å². The molecular formula is C6H7N3O2. The van der Waals surface area contributed by atoms with Gasteiger partial charge in [-0.3, -0.25) is 16.1 Å². The highest BCUT2D eigenvalue weighted by Crippen LogP contribution is 1.92. The van der Waals surface area contributed by atoms with Crippen LogP contribution < -0.4 is 10.2 Å². The molecule has 0 atom stereocenters. The van der Waals surface area contributed by atoms with Crippen LogP contribution in [0, 0.1) is 10.6 Å². The van der Waals surface area contributed by atoms with E-state index in [1.165, 1.54) is 24.5 Å². The third kappa shape index (κ3) is 1.65. The molecule has 0 aromatic carbocycles. The standard InChI is InChI=1S/C6H7N3O2/c7-6(8-10)5-1-3-9(11)4-2-5/h1-4,10H,(H2,7,8). The summed E-state index contributed by atoms with van der Waals surface area (Å²) in [6.45, 7) is 0. The Balaban J connectivity index is 2.90. The molecule has 5 nitrogen and oxygen atoms in total. The number of hydrogen-bond donors (Lipinski definition) is 3. The van der Waals surface area contributed by atoms with Crippen LogP contribution in [0.1, 0.15) is 5.56 Å². The summed E-state index contributed by atoms with van der Waals surface area (Å²) < 4.78 is 0.605. The minimum absolute atomic E-state index is 0.134. The van der Waals surface area contributed by atoms with Gasteiger partial charge in [0.05, 0.1) is 0 Å². The average Bonchev–Trinajstić information content (AvgIpc) is 2.05. The quantitative estimate of drug-likeness (QED) is 0.169. The number of rotatable bonds is 1. The minimum Gasteiger partial charge on any atom is -0.619 e. The van der Waals surface area contributed by atoms with Crippen molar-refractivity contribution in [3.05, 3.63) is 35.3 Å². The molecule has 1 rings (SSSR count). The summed E-state index contributed by atoms with van der Waals surface area (Å²) in [5.74, 6) is -0.134. The summed E-state index contributed by atoms with van der Waals surface area (Å²) in [6, 6.07) is 2.86. The van der Waals surface area contributed by atoms with Crippen molar-refractivity contribution in [3.63, 3.8) is 0 Å². The molecule has 0 saturated carbocycles. The maximum atomic E-state index is 10.5. The molecule has 0 saturated heterocycles. The summed E-state index contributed by atoms with van der Waals surface area (Å²) in [6.07, 6.45) is 2.50. The first kappa shape index (κ1) is 7.49. The SMILES string of the molecule is N=C(NO)c1cc[n+]([O-])cc1. The fourth-order valence-electron chi connectivity index (χ4n) is 0.644. The average molecular weight is 153 g/mol. The molecule has 1 heterocycles. The largest absolute Gasteiger partial charge is 0.619 e. The number of hydroxylamine groups is 1. The Morgan fingerprint density at radius 2 is 2.09 bits per heavy atom. The molecular weight excluding hydrogens is 146 g/mol. The molecule has 0 unspecified atom stereocenters.